The quantitative estimate of drug-likeness (QED) is 0.860. The fourth-order valence-electron chi connectivity index (χ4n) is 1.79. The van der Waals surface area contributed by atoms with Gasteiger partial charge in [-0.1, -0.05) is 40.9 Å². The summed E-state index contributed by atoms with van der Waals surface area (Å²) in [6.07, 6.45) is 0.792. The van der Waals surface area contributed by atoms with Gasteiger partial charge in [0.1, 0.15) is 12.4 Å². The maximum atomic E-state index is 6.18. The van der Waals surface area contributed by atoms with E-state index in [9.17, 15) is 0 Å². The van der Waals surface area contributed by atoms with Crippen LogP contribution in [0.25, 0.3) is 0 Å². The molecule has 0 atom stereocenters. The molecule has 0 saturated carbocycles. The van der Waals surface area contributed by atoms with E-state index in [2.05, 4.69) is 0 Å². The average Bonchev–Trinajstić information content (AvgIpc) is 2.42. The van der Waals surface area contributed by atoms with Gasteiger partial charge in [0.05, 0.1) is 5.02 Å². The highest BCUT2D eigenvalue weighted by Crippen LogP contribution is 2.28. The second-order valence-corrected chi connectivity index (χ2v) is 5.58. The van der Waals surface area contributed by atoms with Crippen LogP contribution in [0.5, 0.6) is 5.75 Å². The zero-order chi connectivity index (χ0) is 14.5. The first-order valence-corrected chi connectivity index (χ1v) is 7.29. The molecule has 0 spiro atoms. The van der Waals surface area contributed by atoms with Crippen molar-refractivity contribution in [3.63, 3.8) is 0 Å². The van der Waals surface area contributed by atoms with Crippen LogP contribution < -0.4 is 10.5 Å². The summed E-state index contributed by atoms with van der Waals surface area (Å²) in [5, 5.41) is 1.80. The molecule has 0 fully saturated rings. The van der Waals surface area contributed by atoms with Crippen LogP contribution in [0.15, 0.2) is 36.4 Å². The third-order valence-corrected chi connectivity index (χ3v) is 3.72. The molecule has 0 saturated heterocycles. The van der Waals surface area contributed by atoms with E-state index in [0.29, 0.717) is 34.0 Å². The Morgan fingerprint density at radius 1 is 0.950 bits per heavy atom. The van der Waals surface area contributed by atoms with Crippen molar-refractivity contribution in [3.05, 3.63) is 62.6 Å². The van der Waals surface area contributed by atoms with Gasteiger partial charge in [-0.15, -0.1) is 0 Å². The zero-order valence-corrected chi connectivity index (χ0v) is 13.0. The minimum Gasteiger partial charge on any atom is -0.487 e. The van der Waals surface area contributed by atoms with Crippen LogP contribution in [-0.2, 0) is 13.0 Å². The Balaban J connectivity index is 2.09. The molecule has 0 aliphatic rings. The molecule has 2 N–H and O–H groups in total. The maximum Gasteiger partial charge on any atom is 0.138 e. The topological polar surface area (TPSA) is 35.2 Å². The van der Waals surface area contributed by atoms with Crippen LogP contribution in [-0.4, -0.2) is 6.54 Å². The molecule has 0 radical (unpaired) electrons. The van der Waals surface area contributed by atoms with E-state index in [1.807, 2.05) is 18.2 Å². The molecule has 0 bridgehead atoms. The highest BCUT2D eigenvalue weighted by atomic mass is 35.5. The molecule has 0 aliphatic carbocycles. The summed E-state index contributed by atoms with van der Waals surface area (Å²) < 4.78 is 5.69. The van der Waals surface area contributed by atoms with E-state index < -0.39 is 0 Å². The maximum absolute atomic E-state index is 6.18. The summed E-state index contributed by atoms with van der Waals surface area (Å²) in [4.78, 5) is 0. The summed E-state index contributed by atoms with van der Waals surface area (Å²) in [6.45, 7) is 0.907. The number of hydrogen-bond acceptors (Lipinski definition) is 2. The van der Waals surface area contributed by atoms with Crippen molar-refractivity contribution in [2.75, 3.05) is 6.54 Å². The number of ether oxygens (including phenoxy) is 1. The van der Waals surface area contributed by atoms with Gasteiger partial charge >= 0.3 is 0 Å². The molecule has 20 heavy (non-hydrogen) atoms. The number of hydrogen-bond donors (Lipinski definition) is 1. The van der Waals surface area contributed by atoms with E-state index in [1.54, 1.807) is 18.2 Å². The van der Waals surface area contributed by atoms with Gasteiger partial charge < -0.3 is 10.5 Å². The van der Waals surface area contributed by atoms with E-state index in [4.69, 9.17) is 45.3 Å². The van der Waals surface area contributed by atoms with Gasteiger partial charge in [-0.25, -0.2) is 0 Å². The fraction of sp³-hybridized carbons (Fsp3) is 0.200. The van der Waals surface area contributed by atoms with Crippen molar-refractivity contribution in [1.29, 1.82) is 0 Å². The van der Waals surface area contributed by atoms with Crippen LogP contribution >= 0.6 is 34.8 Å². The summed E-state index contributed by atoms with van der Waals surface area (Å²) in [5.74, 6) is 0.614. The van der Waals surface area contributed by atoms with Gasteiger partial charge in [-0.3, -0.25) is 0 Å². The van der Waals surface area contributed by atoms with Crippen LogP contribution in [0, 0.1) is 0 Å². The lowest BCUT2D eigenvalue weighted by atomic mass is 10.1. The minimum absolute atomic E-state index is 0.315. The van der Waals surface area contributed by atoms with Crippen molar-refractivity contribution in [2.45, 2.75) is 13.0 Å². The first-order chi connectivity index (χ1) is 9.60. The lowest BCUT2D eigenvalue weighted by Crippen LogP contribution is -2.03. The molecule has 0 aliphatic heterocycles. The number of benzene rings is 2. The third kappa shape index (κ3) is 4.03. The Hall–Kier alpha value is -0.930. The molecule has 2 aromatic rings. The van der Waals surface area contributed by atoms with E-state index >= 15 is 0 Å². The fourth-order valence-corrected chi connectivity index (χ4v) is 2.42. The van der Waals surface area contributed by atoms with Crippen molar-refractivity contribution >= 4 is 34.8 Å². The number of rotatable bonds is 5. The van der Waals surface area contributed by atoms with Crippen LogP contribution in [0.4, 0.5) is 0 Å². The Morgan fingerprint density at radius 2 is 1.75 bits per heavy atom. The molecule has 2 rings (SSSR count). The van der Waals surface area contributed by atoms with Crippen molar-refractivity contribution in [2.24, 2.45) is 5.73 Å². The first kappa shape index (κ1) is 15.5. The second kappa shape index (κ2) is 7.19. The summed E-state index contributed by atoms with van der Waals surface area (Å²) in [7, 11) is 0. The molecule has 0 aromatic heterocycles. The van der Waals surface area contributed by atoms with Crippen LogP contribution in [0.2, 0.25) is 15.1 Å². The molecule has 5 heteroatoms. The SMILES string of the molecule is NCCc1ccc(OCc2cc(Cl)ccc2Cl)c(Cl)c1. The molecule has 2 nitrogen and oxygen atoms in total. The molecule has 0 heterocycles. The van der Waals surface area contributed by atoms with Gasteiger partial charge in [0.25, 0.3) is 0 Å². The predicted molar refractivity (Wildman–Crippen MR) is 85.0 cm³/mol. The molecular formula is C15H14Cl3NO. The van der Waals surface area contributed by atoms with E-state index in [1.165, 1.54) is 0 Å². The minimum atomic E-state index is 0.315. The van der Waals surface area contributed by atoms with Crippen molar-refractivity contribution in [1.82, 2.24) is 0 Å². The first-order valence-electron chi connectivity index (χ1n) is 6.15. The van der Waals surface area contributed by atoms with Crippen molar-refractivity contribution in [3.8, 4) is 5.75 Å². The number of nitrogens with two attached hydrogens (primary N) is 1. The van der Waals surface area contributed by atoms with Gasteiger partial charge in [-0.05, 0) is 48.9 Å². The average molecular weight is 331 g/mol. The predicted octanol–water partition coefficient (Wildman–Crippen LogP) is 4.73. The zero-order valence-electron chi connectivity index (χ0n) is 10.7. The normalized spacial score (nSPS) is 10.6. The molecule has 2 aromatic carbocycles. The third-order valence-electron chi connectivity index (χ3n) is 2.82. The Morgan fingerprint density at radius 3 is 2.45 bits per heavy atom. The van der Waals surface area contributed by atoms with Gasteiger partial charge in [0, 0.05) is 15.6 Å². The lowest BCUT2D eigenvalue weighted by molar-refractivity contribution is 0.306. The van der Waals surface area contributed by atoms with E-state index in [-0.39, 0.29) is 0 Å². The highest BCUT2D eigenvalue weighted by molar-refractivity contribution is 6.33. The molecular weight excluding hydrogens is 317 g/mol. The molecule has 0 unspecified atom stereocenters. The van der Waals surface area contributed by atoms with Gasteiger partial charge in [0.2, 0.25) is 0 Å². The Kier molecular flexibility index (Phi) is 5.55. The molecule has 0 amide bonds. The Labute approximate surface area is 133 Å². The van der Waals surface area contributed by atoms with Gasteiger partial charge in [-0.2, -0.15) is 0 Å². The Bertz CT molecular complexity index is 602. The van der Waals surface area contributed by atoms with Gasteiger partial charge in [0.15, 0.2) is 0 Å². The summed E-state index contributed by atoms with van der Waals surface area (Å²) in [6, 6.07) is 10.9. The smallest absolute Gasteiger partial charge is 0.138 e. The standard InChI is InChI=1S/C15H14Cl3NO/c16-12-2-3-13(17)11(8-12)9-20-15-4-1-10(5-6-19)7-14(15)18/h1-4,7-8H,5-6,9,19H2. The number of halogens is 3. The molecule has 106 valence electrons. The van der Waals surface area contributed by atoms with E-state index in [0.717, 1.165) is 17.5 Å². The summed E-state index contributed by atoms with van der Waals surface area (Å²) in [5.41, 5.74) is 7.42. The van der Waals surface area contributed by atoms with Crippen LogP contribution in [0.3, 0.4) is 0 Å². The lowest BCUT2D eigenvalue weighted by Gasteiger charge is -2.10. The second-order valence-electron chi connectivity index (χ2n) is 4.33. The summed E-state index contributed by atoms with van der Waals surface area (Å²) >= 11 is 18.2. The monoisotopic (exact) mass is 329 g/mol. The largest absolute Gasteiger partial charge is 0.487 e. The van der Waals surface area contributed by atoms with Crippen molar-refractivity contribution < 1.29 is 4.74 Å². The van der Waals surface area contributed by atoms with Crippen LogP contribution in [0.1, 0.15) is 11.1 Å². The highest BCUT2D eigenvalue weighted by Gasteiger charge is 2.06.